The van der Waals surface area contributed by atoms with Crippen LogP contribution in [0.3, 0.4) is 0 Å². The van der Waals surface area contributed by atoms with Crippen LogP contribution >= 0.6 is 0 Å². The van der Waals surface area contributed by atoms with Crippen molar-refractivity contribution in [3.8, 4) is 0 Å². The van der Waals surface area contributed by atoms with Crippen molar-refractivity contribution in [2.75, 3.05) is 12.3 Å². The lowest BCUT2D eigenvalue weighted by atomic mass is 10.0. The van der Waals surface area contributed by atoms with Crippen LogP contribution in [0.1, 0.15) is 32.6 Å². The SMILES string of the molecule is CCCS(=O)(=O)N1CCCCC1C(N)=NO. The molecule has 0 amide bonds. The zero-order valence-electron chi connectivity index (χ0n) is 9.46. The van der Waals surface area contributed by atoms with Crippen LogP contribution in [0.2, 0.25) is 0 Å². The first-order valence-corrected chi connectivity index (χ1v) is 7.10. The Morgan fingerprint density at radius 2 is 2.25 bits per heavy atom. The van der Waals surface area contributed by atoms with Crippen LogP contribution in [0.25, 0.3) is 0 Å². The summed E-state index contributed by atoms with van der Waals surface area (Å²) >= 11 is 0. The number of sulfonamides is 1. The van der Waals surface area contributed by atoms with E-state index in [0.717, 1.165) is 12.8 Å². The van der Waals surface area contributed by atoms with Crippen molar-refractivity contribution < 1.29 is 13.6 Å². The minimum absolute atomic E-state index is 0.0145. The van der Waals surface area contributed by atoms with E-state index in [9.17, 15) is 8.42 Å². The van der Waals surface area contributed by atoms with Gasteiger partial charge in [-0.1, -0.05) is 18.5 Å². The number of amidine groups is 1. The van der Waals surface area contributed by atoms with E-state index >= 15 is 0 Å². The van der Waals surface area contributed by atoms with Crippen molar-refractivity contribution in [2.24, 2.45) is 10.9 Å². The summed E-state index contributed by atoms with van der Waals surface area (Å²) in [5, 5.41) is 11.6. The Balaban J connectivity index is 2.90. The van der Waals surface area contributed by atoms with Crippen molar-refractivity contribution in [1.82, 2.24) is 4.31 Å². The first-order chi connectivity index (χ1) is 7.53. The van der Waals surface area contributed by atoms with Crippen molar-refractivity contribution in [3.05, 3.63) is 0 Å². The number of nitrogens with zero attached hydrogens (tertiary/aromatic N) is 2. The van der Waals surface area contributed by atoms with E-state index in [1.807, 2.05) is 6.92 Å². The minimum Gasteiger partial charge on any atom is -0.409 e. The van der Waals surface area contributed by atoms with Gasteiger partial charge in [0.05, 0.1) is 11.8 Å². The highest BCUT2D eigenvalue weighted by Gasteiger charge is 2.34. The Morgan fingerprint density at radius 1 is 1.56 bits per heavy atom. The summed E-state index contributed by atoms with van der Waals surface area (Å²) in [5.41, 5.74) is 5.52. The molecule has 1 unspecified atom stereocenters. The van der Waals surface area contributed by atoms with Crippen molar-refractivity contribution in [3.63, 3.8) is 0 Å². The highest BCUT2D eigenvalue weighted by atomic mass is 32.2. The van der Waals surface area contributed by atoms with Crippen LogP contribution in [-0.2, 0) is 10.0 Å². The van der Waals surface area contributed by atoms with Crippen LogP contribution in [0.15, 0.2) is 5.16 Å². The highest BCUT2D eigenvalue weighted by Crippen LogP contribution is 2.21. The molecule has 16 heavy (non-hydrogen) atoms. The molecule has 94 valence electrons. The van der Waals surface area contributed by atoms with Gasteiger partial charge in [0.1, 0.15) is 0 Å². The van der Waals surface area contributed by atoms with E-state index in [4.69, 9.17) is 10.9 Å². The van der Waals surface area contributed by atoms with E-state index in [-0.39, 0.29) is 11.6 Å². The molecule has 1 aliphatic rings. The molecular formula is C9H19N3O3S. The second-order valence-electron chi connectivity index (χ2n) is 3.96. The average Bonchev–Trinajstić information content (AvgIpc) is 2.28. The molecule has 3 N–H and O–H groups in total. The Bertz CT molecular complexity index is 353. The van der Waals surface area contributed by atoms with Crippen molar-refractivity contribution in [1.29, 1.82) is 0 Å². The Hall–Kier alpha value is -0.820. The molecule has 1 fully saturated rings. The van der Waals surface area contributed by atoms with Gasteiger partial charge in [-0.3, -0.25) is 0 Å². The number of nitrogens with two attached hydrogens (primary N) is 1. The summed E-state index contributed by atoms with van der Waals surface area (Å²) in [6.07, 6.45) is 2.93. The molecule has 1 atom stereocenters. The molecule has 0 aromatic rings. The maximum Gasteiger partial charge on any atom is 0.214 e. The van der Waals surface area contributed by atoms with Crippen LogP contribution in [0.4, 0.5) is 0 Å². The topological polar surface area (TPSA) is 96.0 Å². The molecule has 1 saturated heterocycles. The maximum atomic E-state index is 12.0. The standard InChI is InChI=1S/C9H19N3O3S/c1-2-7-16(14,15)12-6-4-3-5-8(12)9(10)11-13/h8,13H,2-7H2,1H3,(H2,10,11). The molecule has 0 radical (unpaired) electrons. The van der Waals surface area contributed by atoms with Crippen LogP contribution in [-0.4, -0.2) is 42.1 Å². The number of rotatable bonds is 4. The summed E-state index contributed by atoms with van der Waals surface area (Å²) in [5.74, 6) is 0.0988. The van der Waals surface area contributed by atoms with Crippen LogP contribution in [0, 0.1) is 0 Å². The van der Waals surface area contributed by atoms with E-state index < -0.39 is 16.1 Å². The van der Waals surface area contributed by atoms with Gasteiger partial charge in [0, 0.05) is 6.54 Å². The molecule has 6 nitrogen and oxygen atoms in total. The van der Waals surface area contributed by atoms with Gasteiger partial charge in [0.2, 0.25) is 10.0 Å². The molecule has 1 rings (SSSR count). The second kappa shape index (κ2) is 5.49. The first kappa shape index (κ1) is 13.2. The molecule has 1 heterocycles. The third kappa shape index (κ3) is 2.85. The van der Waals surface area contributed by atoms with Crippen molar-refractivity contribution in [2.45, 2.75) is 38.6 Å². The third-order valence-corrected chi connectivity index (χ3v) is 4.81. The van der Waals surface area contributed by atoms with E-state index in [1.165, 1.54) is 4.31 Å². The lowest BCUT2D eigenvalue weighted by molar-refractivity contribution is 0.281. The Labute approximate surface area is 96.2 Å². The molecule has 0 spiro atoms. The van der Waals surface area contributed by atoms with Gasteiger partial charge in [-0.2, -0.15) is 4.31 Å². The first-order valence-electron chi connectivity index (χ1n) is 5.50. The normalized spacial score (nSPS) is 24.6. The average molecular weight is 249 g/mol. The minimum atomic E-state index is -3.28. The Morgan fingerprint density at radius 3 is 2.81 bits per heavy atom. The zero-order chi connectivity index (χ0) is 12.2. The summed E-state index contributed by atoms with van der Waals surface area (Å²) in [6.45, 7) is 2.28. The molecule has 0 bridgehead atoms. The summed E-state index contributed by atoms with van der Waals surface area (Å²) in [7, 11) is -3.28. The smallest absolute Gasteiger partial charge is 0.214 e. The summed E-state index contributed by atoms with van der Waals surface area (Å²) in [4.78, 5) is 0. The summed E-state index contributed by atoms with van der Waals surface area (Å²) < 4.78 is 25.3. The number of hydrogen-bond donors (Lipinski definition) is 2. The van der Waals surface area contributed by atoms with Gasteiger partial charge in [-0.15, -0.1) is 0 Å². The van der Waals surface area contributed by atoms with Gasteiger partial charge in [-0.25, -0.2) is 8.42 Å². The largest absolute Gasteiger partial charge is 0.409 e. The fourth-order valence-corrected chi connectivity index (χ4v) is 3.73. The van der Waals surface area contributed by atoms with Gasteiger partial charge in [0.25, 0.3) is 0 Å². The molecule has 0 aromatic carbocycles. The predicted octanol–water partition coefficient (Wildman–Crippen LogP) is 0.327. The van der Waals surface area contributed by atoms with E-state index in [0.29, 0.717) is 19.4 Å². The fourth-order valence-electron chi connectivity index (χ4n) is 1.98. The van der Waals surface area contributed by atoms with E-state index in [1.54, 1.807) is 0 Å². The van der Waals surface area contributed by atoms with Crippen LogP contribution < -0.4 is 5.73 Å². The van der Waals surface area contributed by atoms with Gasteiger partial charge < -0.3 is 10.9 Å². The molecule has 0 saturated carbocycles. The monoisotopic (exact) mass is 249 g/mol. The van der Waals surface area contributed by atoms with Gasteiger partial charge in [-0.05, 0) is 19.3 Å². The molecule has 7 heteroatoms. The van der Waals surface area contributed by atoms with Gasteiger partial charge in [0.15, 0.2) is 5.84 Å². The number of piperidine rings is 1. The van der Waals surface area contributed by atoms with Gasteiger partial charge >= 0.3 is 0 Å². The number of oxime groups is 1. The lowest BCUT2D eigenvalue weighted by Crippen LogP contribution is -2.51. The second-order valence-corrected chi connectivity index (χ2v) is 6.00. The Kier molecular flexibility index (Phi) is 4.55. The lowest BCUT2D eigenvalue weighted by Gasteiger charge is -2.33. The number of hydrogen-bond acceptors (Lipinski definition) is 4. The predicted molar refractivity (Wildman–Crippen MR) is 61.8 cm³/mol. The molecule has 0 aromatic heterocycles. The molecule has 1 aliphatic heterocycles. The maximum absolute atomic E-state index is 12.0. The van der Waals surface area contributed by atoms with Crippen LogP contribution in [0.5, 0.6) is 0 Å². The highest BCUT2D eigenvalue weighted by molar-refractivity contribution is 7.89. The summed E-state index contributed by atoms with van der Waals surface area (Å²) in [6, 6.07) is -0.477. The van der Waals surface area contributed by atoms with Crippen molar-refractivity contribution >= 4 is 15.9 Å². The zero-order valence-corrected chi connectivity index (χ0v) is 10.3. The molecule has 0 aliphatic carbocycles. The third-order valence-electron chi connectivity index (χ3n) is 2.73. The van der Waals surface area contributed by atoms with E-state index in [2.05, 4.69) is 5.16 Å². The fraction of sp³-hybridized carbons (Fsp3) is 0.889. The quantitative estimate of drug-likeness (QED) is 0.325. The molecular weight excluding hydrogens is 230 g/mol.